The number of anilines is 1. The van der Waals surface area contributed by atoms with E-state index in [9.17, 15) is 5.11 Å². The molecular weight excluding hydrogens is 152 g/mol. The summed E-state index contributed by atoms with van der Waals surface area (Å²) in [6, 6.07) is 5.48. The van der Waals surface area contributed by atoms with Crippen molar-refractivity contribution in [3.8, 4) is 5.75 Å². The van der Waals surface area contributed by atoms with Crippen molar-refractivity contribution in [2.75, 3.05) is 19.0 Å². The summed E-state index contributed by atoms with van der Waals surface area (Å²) >= 11 is 0. The maximum atomic E-state index is 9.43. The lowest BCUT2D eigenvalue weighted by molar-refractivity contribution is 0.468. The van der Waals surface area contributed by atoms with Crippen molar-refractivity contribution >= 4 is 5.69 Å². The number of rotatable bonds is 2. The molecule has 0 fully saturated rings. The van der Waals surface area contributed by atoms with Gasteiger partial charge in [0.2, 0.25) is 0 Å². The molecule has 0 aliphatic rings. The van der Waals surface area contributed by atoms with Crippen molar-refractivity contribution in [3.63, 3.8) is 0 Å². The highest BCUT2D eigenvalue weighted by atomic mass is 16.3. The van der Waals surface area contributed by atoms with Crippen LogP contribution >= 0.6 is 0 Å². The average Bonchev–Trinajstić information content (AvgIpc) is 2.04. The minimum absolute atomic E-state index is 0.267. The van der Waals surface area contributed by atoms with E-state index in [0.29, 0.717) is 6.54 Å². The third-order valence-corrected chi connectivity index (χ3v) is 1.81. The third-order valence-electron chi connectivity index (χ3n) is 1.81. The summed E-state index contributed by atoms with van der Waals surface area (Å²) in [6.45, 7) is 0.375. The highest BCUT2D eigenvalue weighted by Gasteiger charge is 2.01. The Morgan fingerprint density at radius 3 is 2.50 bits per heavy atom. The zero-order valence-corrected chi connectivity index (χ0v) is 7.41. The molecule has 0 aromatic heterocycles. The number of phenols is 1. The number of hydrogen-bond acceptors (Lipinski definition) is 3. The molecule has 1 aromatic rings. The maximum absolute atomic E-state index is 9.43. The van der Waals surface area contributed by atoms with Crippen molar-refractivity contribution < 1.29 is 5.11 Å². The third kappa shape index (κ3) is 1.68. The smallest absolute Gasteiger partial charge is 0.122 e. The molecule has 12 heavy (non-hydrogen) atoms. The molecular formula is C9H14N2O. The Bertz CT molecular complexity index is 271. The van der Waals surface area contributed by atoms with Crippen LogP contribution in [0, 0.1) is 0 Å². The van der Waals surface area contributed by atoms with Gasteiger partial charge >= 0.3 is 0 Å². The molecule has 0 bridgehead atoms. The zero-order chi connectivity index (χ0) is 9.14. The van der Waals surface area contributed by atoms with Gasteiger partial charge < -0.3 is 15.7 Å². The topological polar surface area (TPSA) is 49.5 Å². The summed E-state index contributed by atoms with van der Waals surface area (Å²) in [5, 5.41) is 9.43. The molecule has 0 aliphatic heterocycles. The minimum Gasteiger partial charge on any atom is -0.508 e. The number of aromatic hydroxyl groups is 1. The molecule has 0 saturated heterocycles. The highest BCUT2D eigenvalue weighted by molar-refractivity contribution is 5.52. The van der Waals surface area contributed by atoms with Crippen molar-refractivity contribution in [3.05, 3.63) is 23.8 Å². The van der Waals surface area contributed by atoms with E-state index in [-0.39, 0.29) is 5.75 Å². The van der Waals surface area contributed by atoms with E-state index >= 15 is 0 Å². The minimum atomic E-state index is 0.267. The molecule has 0 spiro atoms. The second-order valence-corrected chi connectivity index (χ2v) is 2.91. The van der Waals surface area contributed by atoms with E-state index in [2.05, 4.69) is 0 Å². The monoisotopic (exact) mass is 166 g/mol. The Balaban J connectivity index is 3.02. The number of hydrogen-bond donors (Lipinski definition) is 2. The fourth-order valence-electron chi connectivity index (χ4n) is 1.00. The SMILES string of the molecule is CN(C)c1ccc(CN)c(O)c1. The highest BCUT2D eigenvalue weighted by Crippen LogP contribution is 2.22. The lowest BCUT2D eigenvalue weighted by atomic mass is 10.2. The summed E-state index contributed by atoms with van der Waals surface area (Å²) in [5.74, 6) is 0.267. The molecule has 0 heterocycles. The number of nitrogens with zero attached hydrogens (tertiary/aromatic N) is 1. The van der Waals surface area contributed by atoms with E-state index < -0.39 is 0 Å². The molecule has 3 N–H and O–H groups in total. The van der Waals surface area contributed by atoms with Crippen LogP contribution in [0.25, 0.3) is 0 Å². The van der Waals surface area contributed by atoms with Crippen LogP contribution in [0.4, 0.5) is 5.69 Å². The van der Waals surface area contributed by atoms with Gasteiger partial charge in [-0.25, -0.2) is 0 Å². The van der Waals surface area contributed by atoms with Gasteiger partial charge in [0.15, 0.2) is 0 Å². The van der Waals surface area contributed by atoms with Gasteiger partial charge in [-0.15, -0.1) is 0 Å². The Morgan fingerprint density at radius 2 is 2.08 bits per heavy atom. The van der Waals surface area contributed by atoms with Gasteiger partial charge in [0.25, 0.3) is 0 Å². The van der Waals surface area contributed by atoms with Crippen LogP contribution in [0.2, 0.25) is 0 Å². The van der Waals surface area contributed by atoms with E-state index in [1.165, 1.54) is 0 Å². The van der Waals surface area contributed by atoms with E-state index in [4.69, 9.17) is 5.73 Å². The quantitative estimate of drug-likeness (QED) is 0.686. The molecule has 0 radical (unpaired) electrons. The van der Waals surface area contributed by atoms with Crippen LogP contribution in [0.3, 0.4) is 0 Å². The van der Waals surface area contributed by atoms with Crippen LogP contribution < -0.4 is 10.6 Å². The standard InChI is InChI=1S/C9H14N2O/c1-11(2)8-4-3-7(6-10)9(12)5-8/h3-5,12H,6,10H2,1-2H3. The maximum Gasteiger partial charge on any atom is 0.122 e. The first-order valence-corrected chi connectivity index (χ1v) is 3.84. The van der Waals surface area contributed by atoms with Crippen LogP contribution in [-0.2, 0) is 6.54 Å². The molecule has 1 aromatic carbocycles. The van der Waals surface area contributed by atoms with Gasteiger partial charge in [0.1, 0.15) is 5.75 Å². The number of benzene rings is 1. The first-order chi connectivity index (χ1) is 5.65. The van der Waals surface area contributed by atoms with Crippen LogP contribution in [-0.4, -0.2) is 19.2 Å². The summed E-state index contributed by atoms with van der Waals surface area (Å²) < 4.78 is 0. The lowest BCUT2D eigenvalue weighted by Crippen LogP contribution is -2.08. The van der Waals surface area contributed by atoms with Gasteiger partial charge in [-0.1, -0.05) is 6.07 Å². The molecule has 0 saturated carbocycles. The van der Waals surface area contributed by atoms with Crippen LogP contribution in [0.5, 0.6) is 5.75 Å². The van der Waals surface area contributed by atoms with Gasteiger partial charge in [-0.05, 0) is 6.07 Å². The fraction of sp³-hybridized carbons (Fsp3) is 0.333. The molecule has 1 rings (SSSR count). The summed E-state index contributed by atoms with van der Waals surface area (Å²) in [4.78, 5) is 1.93. The molecule has 0 unspecified atom stereocenters. The molecule has 0 atom stereocenters. The van der Waals surface area contributed by atoms with Gasteiger partial charge in [0.05, 0.1) is 0 Å². The van der Waals surface area contributed by atoms with E-state index in [0.717, 1.165) is 11.3 Å². The predicted octanol–water partition coefficient (Wildman–Crippen LogP) is 0.917. The van der Waals surface area contributed by atoms with Crippen molar-refractivity contribution in [2.45, 2.75) is 6.54 Å². The largest absolute Gasteiger partial charge is 0.508 e. The summed E-state index contributed by atoms with van der Waals surface area (Å²) in [6.07, 6.45) is 0. The first kappa shape index (κ1) is 8.87. The number of nitrogens with two attached hydrogens (primary N) is 1. The fourth-order valence-corrected chi connectivity index (χ4v) is 1.00. The predicted molar refractivity (Wildman–Crippen MR) is 50.3 cm³/mol. The Hall–Kier alpha value is -1.22. The lowest BCUT2D eigenvalue weighted by Gasteiger charge is -2.13. The molecule has 0 amide bonds. The zero-order valence-electron chi connectivity index (χ0n) is 7.41. The normalized spacial score (nSPS) is 9.92. The van der Waals surface area contributed by atoms with Gasteiger partial charge in [-0.2, -0.15) is 0 Å². The van der Waals surface area contributed by atoms with Gasteiger partial charge in [0, 0.05) is 38.0 Å². The molecule has 0 aliphatic carbocycles. The summed E-state index contributed by atoms with van der Waals surface area (Å²) in [5.41, 5.74) is 7.16. The second-order valence-electron chi connectivity index (χ2n) is 2.91. The molecule has 3 heteroatoms. The molecule has 3 nitrogen and oxygen atoms in total. The van der Waals surface area contributed by atoms with Crippen LogP contribution in [0.1, 0.15) is 5.56 Å². The first-order valence-electron chi connectivity index (χ1n) is 3.84. The summed E-state index contributed by atoms with van der Waals surface area (Å²) in [7, 11) is 3.85. The average molecular weight is 166 g/mol. The Morgan fingerprint density at radius 1 is 1.42 bits per heavy atom. The van der Waals surface area contributed by atoms with Crippen molar-refractivity contribution in [1.29, 1.82) is 0 Å². The van der Waals surface area contributed by atoms with Crippen molar-refractivity contribution in [2.24, 2.45) is 5.73 Å². The Kier molecular flexibility index (Phi) is 2.55. The van der Waals surface area contributed by atoms with Crippen LogP contribution in [0.15, 0.2) is 18.2 Å². The Labute approximate surface area is 72.4 Å². The van der Waals surface area contributed by atoms with E-state index in [1.54, 1.807) is 6.07 Å². The van der Waals surface area contributed by atoms with Crippen molar-refractivity contribution in [1.82, 2.24) is 0 Å². The van der Waals surface area contributed by atoms with E-state index in [1.807, 2.05) is 31.1 Å². The number of phenolic OH excluding ortho intramolecular Hbond substituents is 1. The molecule has 66 valence electrons. The van der Waals surface area contributed by atoms with Gasteiger partial charge in [-0.3, -0.25) is 0 Å². The second kappa shape index (κ2) is 3.45.